The van der Waals surface area contributed by atoms with Crippen molar-refractivity contribution >= 4 is 29.7 Å². The number of methoxy groups -OCH3 is 1. The molecule has 2 rings (SSSR count). The Morgan fingerprint density at radius 1 is 1.55 bits per heavy atom. The van der Waals surface area contributed by atoms with E-state index >= 15 is 0 Å². The van der Waals surface area contributed by atoms with E-state index in [9.17, 15) is 4.79 Å². The van der Waals surface area contributed by atoms with Crippen molar-refractivity contribution in [3.63, 3.8) is 0 Å². The van der Waals surface area contributed by atoms with Crippen LogP contribution in [0.3, 0.4) is 0 Å². The molecule has 2 heterocycles. The van der Waals surface area contributed by atoms with Crippen LogP contribution in [-0.4, -0.2) is 37.7 Å². The predicted octanol–water partition coefficient (Wildman–Crippen LogP) is 1.99. The average Bonchev–Trinajstić information content (AvgIpc) is 2.92. The molecule has 0 saturated carbocycles. The highest BCUT2D eigenvalue weighted by molar-refractivity contribution is 7.09. The number of thiophene rings is 1. The van der Waals surface area contributed by atoms with Crippen LogP contribution in [0.25, 0.3) is 0 Å². The fraction of sp³-hybridized carbons (Fsp3) is 0.643. The number of hydrogen-bond acceptors (Lipinski definition) is 4. The molecule has 1 aromatic heterocycles. The van der Waals surface area contributed by atoms with E-state index in [1.54, 1.807) is 18.4 Å². The molecule has 1 aliphatic heterocycles. The normalized spacial score (nSPS) is 18.9. The molecule has 1 aliphatic rings. The number of carbonyl (C=O) groups is 1. The van der Waals surface area contributed by atoms with Gasteiger partial charge in [-0.25, -0.2) is 0 Å². The Balaban J connectivity index is 0.00000200. The molecule has 0 aromatic carbocycles. The van der Waals surface area contributed by atoms with E-state index in [4.69, 9.17) is 4.74 Å². The molecule has 0 spiro atoms. The van der Waals surface area contributed by atoms with Gasteiger partial charge < -0.3 is 15.4 Å². The molecular formula is C14H23ClN2O2S. The van der Waals surface area contributed by atoms with Crippen molar-refractivity contribution in [2.75, 3.05) is 20.2 Å². The summed E-state index contributed by atoms with van der Waals surface area (Å²) in [6.07, 6.45) is 2.35. The summed E-state index contributed by atoms with van der Waals surface area (Å²) >= 11 is 1.73. The lowest BCUT2D eigenvalue weighted by Gasteiger charge is -2.35. The highest BCUT2D eigenvalue weighted by Crippen LogP contribution is 2.23. The smallest absolute Gasteiger partial charge is 0.252 e. The van der Waals surface area contributed by atoms with Crippen molar-refractivity contribution in [2.24, 2.45) is 0 Å². The van der Waals surface area contributed by atoms with Crippen molar-refractivity contribution < 1.29 is 9.53 Å². The molecule has 1 fully saturated rings. The zero-order chi connectivity index (χ0) is 13.7. The Morgan fingerprint density at radius 2 is 2.25 bits per heavy atom. The van der Waals surface area contributed by atoms with Gasteiger partial charge >= 0.3 is 0 Å². The predicted molar refractivity (Wildman–Crippen MR) is 84.7 cm³/mol. The van der Waals surface area contributed by atoms with Crippen LogP contribution in [0.1, 0.15) is 24.6 Å². The first-order valence-corrected chi connectivity index (χ1v) is 7.63. The van der Waals surface area contributed by atoms with Crippen LogP contribution in [0.4, 0.5) is 0 Å². The first-order valence-electron chi connectivity index (χ1n) is 6.75. The second kappa shape index (κ2) is 7.98. The first kappa shape index (κ1) is 17.4. The molecule has 114 valence electrons. The van der Waals surface area contributed by atoms with Gasteiger partial charge in [0.1, 0.15) is 5.60 Å². The highest BCUT2D eigenvalue weighted by Gasteiger charge is 2.39. The molecule has 1 aromatic rings. The lowest BCUT2D eigenvalue weighted by Crippen LogP contribution is -2.55. The number of nitrogens with one attached hydrogen (secondary N) is 2. The largest absolute Gasteiger partial charge is 0.368 e. The number of amides is 1. The molecule has 0 radical (unpaired) electrons. The van der Waals surface area contributed by atoms with Gasteiger partial charge in [-0.05, 0) is 44.3 Å². The second-order valence-electron chi connectivity index (χ2n) is 5.11. The maximum absolute atomic E-state index is 12.4. The number of carbonyl (C=O) groups excluding carboxylic acids is 1. The molecule has 2 N–H and O–H groups in total. The molecule has 1 amide bonds. The van der Waals surface area contributed by atoms with Gasteiger partial charge in [0.2, 0.25) is 0 Å². The van der Waals surface area contributed by atoms with Gasteiger partial charge in [0.05, 0.1) is 0 Å². The van der Waals surface area contributed by atoms with Crippen molar-refractivity contribution in [2.45, 2.75) is 37.8 Å². The Kier molecular flexibility index (Phi) is 6.95. The van der Waals surface area contributed by atoms with Crippen molar-refractivity contribution in [1.29, 1.82) is 0 Å². The quantitative estimate of drug-likeness (QED) is 0.873. The number of rotatable bonds is 5. The third-order valence-electron chi connectivity index (χ3n) is 3.68. The van der Waals surface area contributed by atoms with Gasteiger partial charge in [0.25, 0.3) is 5.91 Å². The van der Waals surface area contributed by atoms with E-state index in [2.05, 4.69) is 22.1 Å². The van der Waals surface area contributed by atoms with Gasteiger partial charge in [0.15, 0.2) is 0 Å². The van der Waals surface area contributed by atoms with Crippen LogP contribution in [-0.2, 0) is 16.0 Å². The van der Waals surface area contributed by atoms with E-state index in [0.29, 0.717) is 0 Å². The summed E-state index contributed by atoms with van der Waals surface area (Å²) in [5.74, 6) is 0.0283. The van der Waals surface area contributed by atoms with E-state index in [-0.39, 0.29) is 24.4 Å². The maximum Gasteiger partial charge on any atom is 0.252 e. The summed E-state index contributed by atoms with van der Waals surface area (Å²) in [6, 6.07) is 4.27. The zero-order valence-electron chi connectivity index (χ0n) is 12.0. The minimum atomic E-state index is -0.644. The Labute approximate surface area is 130 Å². The minimum Gasteiger partial charge on any atom is -0.368 e. The molecule has 1 saturated heterocycles. The van der Waals surface area contributed by atoms with E-state index in [0.717, 1.165) is 32.4 Å². The second-order valence-corrected chi connectivity index (χ2v) is 6.14. The molecule has 6 heteroatoms. The topological polar surface area (TPSA) is 50.4 Å². The molecule has 20 heavy (non-hydrogen) atoms. The summed E-state index contributed by atoms with van der Waals surface area (Å²) in [6.45, 7) is 3.71. The average molecular weight is 319 g/mol. The number of hydrogen-bond donors (Lipinski definition) is 2. The van der Waals surface area contributed by atoms with Gasteiger partial charge in [-0.1, -0.05) is 6.07 Å². The van der Waals surface area contributed by atoms with Crippen molar-refractivity contribution in [1.82, 2.24) is 10.6 Å². The third-order valence-corrected chi connectivity index (χ3v) is 4.58. The third kappa shape index (κ3) is 4.19. The summed E-state index contributed by atoms with van der Waals surface area (Å²) in [5.41, 5.74) is -0.644. The number of ether oxygens (including phenoxy) is 1. The summed E-state index contributed by atoms with van der Waals surface area (Å²) < 4.78 is 5.53. The maximum atomic E-state index is 12.4. The summed E-state index contributed by atoms with van der Waals surface area (Å²) in [5, 5.41) is 8.42. The van der Waals surface area contributed by atoms with Crippen LogP contribution < -0.4 is 10.6 Å². The molecule has 0 bridgehead atoms. The fourth-order valence-electron chi connectivity index (χ4n) is 2.49. The number of halogens is 1. The molecule has 0 aliphatic carbocycles. The summed E-state index contributed by atoms with van der Waals surface area (Å²) in [4.78, 5) is 13.7. The highest BCUT2D eigenvalue weighted by atomic mass is 35.5. The lowest BCUT2D eigenvalue weighted by atomic mass is 9.90. The SMILES string of the molecule is COC1(C(=O)NC(C)Cc2cccs2)CCNCC1.Cl. The minimum absolute atomic E-state index is 0. The number of piperidine rings is 1. The van der Waals surface area contributed by atoms with Gasteiger partial charge in [-0.3, -0.25) is 4.79 Å². The van der Waals surface area contributed by atoms with Crippen molar-refractivity contribution in [3.8, 4) is 0 Å². The van der Waals surface area contributed by atoms with Crippen LogP contribution in [0, 0.1) is 0 Å². The van der Waals surface area contributed by atoms with Crippen LogP contribution >= 0.6 is 23.7 Å². The Hall–Kier alpha value is -0.620. The lowest BCUT2D eigenvalue weighted by molar-refractivity contribution is -0.147. The monoisotopic (exact) mass is 318 g/mol. The van der Waals surface area contributed by atoms with E-state index in [1.165, 1.54) is 4.88 Å². The van der Waals surface area contributed by atoms with Crippen LogP contribution in [0.5, 0.6) is 0 Å². The Morgan fingerprint density at radius 3 is 2.80 bits per heavy atom. The molecule has 1 atom stereocenters. The molecular weight excluding hydrogens is 296 g/mol. The molecule has 4 nitrogen and oxygen atoms in total. The zero-order valence-corrected chi connectivity index (χ0v) is 13.6. The molecule has 1 unspecified atom stereocenters. The Bertz CT molecular complexity index is 405. The first-order chi connectivity index (χ1) is 9.16. The van der Waals surface area contributed by atoms with Crippen LogP contribution in [0.2, 0.25) is 0 Å². The van der Waals surface area contributed by atoms with Gasteiger partial charge in [-0.15, -0.1) is 23.7 Å². The van der Waals surface area contributed by atoms with Crippen molar-refractivity contribution in [3.05, 3.63) is 22.4 Å². The van der Waals surface area contributed by atoms with Gasteiger partial charge in [-0.2, -0.15) is 0 Å². The van der Waals surface area contributed by atoms with Crippen LogP contribution in [0.15, 0.2) is 17.5 Å². The standard InChI is InChI=1S/C14H22N2O2S.ClH/c1-11(10-12-4-3-9-19-12)16-13(17)14(18-2)5-7-15-8-6-14;/h3-4,9,11,15H,5-8,10H2,1-2H3,(H,16,17);1H. The van der Waals surface area contributed by atoms with E-state index < -0.39 is 5.60 Å². The van der Waals surface area contributed by atoms with Gasteiger partial charge in [0, 0.05) is 24.4 Å². The summed E-state index contributed by atoms with van der Waals surface area (Å²) in [7, 11) is 1.63. The van der Waals surface area contributed by atoms with E-state index in [1.807, 2.05) is 13.0 Å². The fourth-order valence-corrected chi connectivity index (χ4v) is 3.33.